The summed E-state index contributed by atoms with van der Waals surface area (Å²) in [5.74, 6) is -0.702. The average Bonchev–Trinajstić information content (AvgIpc) is 2.70. The highest BCUT2D eigenvalue weighted by atomic mass is 16.6. The van der Waals surface area contributed by atoms with Crippen LogP contribution >= 0.6 is 0 Å². The van der Waals surface area contributed by atoms with Crippen LogP contribution in [-0.2, 0) is 14.3 Å². The van der Waals surface area contributed by atoms with Gasteiger partial charge in [0.25, 0.3) is 0 Å². The van der Waals surface area contributed by atoms with Crippen molar-refractivity contribution in [1.82, 2.24) is 0 Å². The molecule has 0 fully saturated rings. The highest BCUT2D eigenvalue weighted by Crippen LogP contribution is 2.34. The smallest absolute Gasteiger partial charge is 0.339 e. The summed E-state index contributed by atoms with van der Waals surface area (Å²) in [6, 6.07) is 5.53. The van der Waals surface area contributed by atoms with E-state index in [1.807, 2.05) is 39.0 Å². The minimum atomic E-state index is -0.503. The molecule has 1 heterocycles. The molecule has 19 heavy (non-hydrogen) atoms. The molecule has 1 atom stereocenters. The molecule has 4 nitrogen and oxygen atoms in total. The van der Waals surface area contributed by atoms with Gasteiger partial charge in [-0.25, -0.2) is 4.79 Å². The second-order valence-electron chi connectivity index (χ2n) is 3.94. The first-order valence-electron chi connectivity index (χ1n) is 6.59. The lowest BCUT2D eigenvalue weighted by atomic mass is 9.99. The Hall–Kier alpha value is -1.84. The molecule has 1 aromatic carbocycles. The molecular formula is C15H20O4. The summed E-state index contributed by atoms with van der Waals surface area (Å²) in [5.41, 5.74) is 2.24. The van der Waals surface area contributed by atoms with E-state index in [-0.39, 0.29) is 18.4 Å². The number of benzene rings is 1. The van der Waals surface area contributed by atoms with Crippen LogP contribution in [0.2, 0.25) is 0 Å². The Balaban J connectivity index is 0.000000861. The van der Waals surface area contributed by atoms with Crippen molar-refractivity contribution in [2.24, 2.45) is 0 Å². The zero-order chi connectivity index (χ0) is 14.4. The molecule has 1 aromatic rings. The number of hydrogen-bond donors (Lipinski definition) is 0. The Labute approximate surface area is 113 Å². The number of carbonyl (C=O) groups is 2. The number of carbonyl (C=O) groups excluding carboxylic acids is 2. The highest BCUT2D eigenvalue weighted by molar-refractivity contribution is 5.96. The number of fused-ring (bicyclic) bond motifs is 1. The normalized spacial score (nSPS) is 16.0. The van der Waals surface area contributed by atoms with E-state index in [0.29, 0.717) is 12.2 Å². The number of hydrogen-bond acceptors (Lipinski definition) is 4. The first kappa shape index (κ1) is 15.2. The van der Waals surface area contributed by atoms with Crippen molar-refractivity contribution in [3.8, 4) is 0 Å². The first-order valence-corrected chi connectivity index (χ1v) is 6.59. The van der Waals surface area contributed by atoms with Crippen molar-refractivity contribution in [2.75, 3.05) is 6.61 Å². The van der Waals surface area contributed by atoms with E-state index in [0.717, 1.165) is 11.1 Å². The van der Waals surface area contributed by atoms with Crippen LogP contribution in [0.4, 0.5) is 0 Å². The summed E-state index contributed by atoms with van der Waals surface area (Å²) in [6.07, 6.45) is -0.424. The molecule has 0 amide bonds. The second kappa shape index (κ2) is 6.92. The summed E-state index contributed by atoms with van der Waals surface area (Å²) in [5, 5.41) is 0. The van der Waals surface area contributed by atoms with Gasteiger partial charge in [0.05, 0.1) is 18.6 Å². The van der Waals surface area contributed by atoms with Crippen LogP contribution < -0.4 is 0 Å². The molecule has 104 valence electrons. The van der Waals surface area contributed by atoms with Gasteiger partial charge in [0.2, 0.25) is 0 Å². The van der Waals surface area contributed by atoms with Crippen molar-refractivity contribution >= 4 is 11.9 Å². The number of aryl methyl sites for hydroxylation is 1. The van der Waals surface area contributed by atoms with Gasteiger partial charge in [-0.2, -0.15) is 0 Å². The molecule has 2 rings (SSSR count). The lowest BCUT2D eigenvalue weighted by Crippen LogP contribution is -2.10. The van der Waals surface area contributed by atoms with Gasteiger partial charge in [-0.3, -0.25) is 4.79 Å². The summed E-state index contributed by atoms with van der Waals surface area (Å²) >= 11 is 0. The summed E-state index contributed by atoms with van der Waals surface area (Å²) in [6.45, 7) is 7.93. The van der Waals surface area contributed by atoms with Crippen molar-refractivity contribution in [3.63, 3.8) is 0 Å². The largest absolute Gasteiger partial charge is 0.466 e. The molecular weight excluding hydrogens is 244 g/mol. The van der Waals surface area contributed by atoms with E-state index >= 15 is 0 Å². The minimum Gasteiger partial charge on any atom is -0.466 e. The predicted molar refractivity (Wildman–Crippen MR) is 71.9 cm³/mol. The summed E-state index contributed by atoms with van der Waals surface area (Å²) < 4.78 is 10.0. The van der Waals surface area contributed by atoms with Crippen LogP contribution in [0.1, 0.15) is 54.8 Å². The predicted octanol–water partition coefficient (Wildman–Crippen LogP) is 3.19. The third kappa shape index (κ3) is 3.34. The first-order chi connectivity index (χ1) is 9.13. The van der Waals surface area contributed by atoms with Crippen molar-refractivity contribution in [3.05, 3.63) is 34.9 Å². The van der Waals surface area contributed by atoms with Crippen LogP contribution in [0.25, 0.3) is 0 Å². The van der Waals surface area contributed by atoms with Crippen molar-refractivity contribution < 1.29 is 19.1 Å². The molecule has 1 aliphatic heterocycles. The maximum absolute atomic E-state index is 11.7. The summed E-state index contributed by atoms with van der Waals surface area (Å²) in [7, 11) is 0. The molecule has 0 saturated carbocycles. The van der Waals surface area contributed by atoms with E-state index in [9.17, 15) is 9.59 Å². The van der Waals surface area contributed by atoms with E-state index in [4.69, 9.17) is 9.47 Å². The SMILES string of the molecule is CC.CCOC(=O)CC1OC(=O)c2c(C)cccc21. The van der Waals surface area contributed by atoms with E-state index in [2.05, 4.69) is 0 Å². The number of cyclic esters (lactones) is 1. The maximum Gasteiger partial charge on any atom is 0.339 e. The van der Waals surface area contributed by atoms with Crippen LogP contribution in [0.3, 0.4) is 0 Å². The van der Waals surface area contributed by atoms with Gasteiger partial charge in [0, 0.05) is 5.56 Å². The molecule has 0 aromatic heterocycles. The second-order valence-corrected chi connectivity index (χ2v) is 3.94. The topological polar surface area (TPSA) is 52.6 Å². The van der Waals surface area contributed by atoms with Crippen LogP contribution in [0.5, 0.6) is 0 Å². The van der Waals surface area contributed by atoms with Gasteiger partial charge in [-0.05, 0) is 19.4 Å². The Bertz CT molecular complexity index is 465. The Kier molecular flexibility index (Phi) is 5.55. The number of rotatable bonds is 3. The maximum atomic E-state index is 11.7. The van der Waals surface area contributed by atoms with Gasteiger partial charge in [-0.15, -0.1) is 0 Å². The molecule has 0 N–H and O–H groups in total. The fourth-order valence-electron chi connectivity index (χ4n) is 2.01. The average molecular weight is 264 g/mol. The van der Waals surface area contributed by atoms with E-state index in [1.54, 1.807) is 6.92 Å². The lowest BCUT2D eigenvalue weighted by molar-refractivity contribution is -0.145. The third-order valence-corrected chi connectivity index (χ3v) is 2.76. The zero-order valence-electron chi connectivity index (χ0n) is 11.9. The van der Waals surface area contributed by atoms with Crippen LogP contribution in [-0.4, -0.2) is 18.5 Å². The molecule has 1 unspecified atom stereocenters. The zero-order valence-corrected chi connectivity index (χ0v) is 11.9. The highest BCUT2D eigenvalue weighted by Gasteiger charge is 2.33. The standard InChI is InChI=1S/C13H14O4.C2H6/c1-3-16-11(14)7-10-9-6-4-5-8(2)12(9)13(15)17-10;1-2/h4-6,10H,3,7H2,1-2H3;1-2H3. The third-order valence-electron chi connectivity index (χ3n) is 2.76. The summed E-state index contributed by atoms with van der Waals surface area (Å²) in [4.78, 5) is 23.0. The monoisotopic (exact) mass is 264 g/mol. The molecule has 1 aliphatic rings. The van der Waals surface area contributed by atoms with Crippen molar-refractivity contribution in [1.29, 1.82) is 0 Å². The quantitative estimate of drug-likeness (QED) is 0.787. The molecule has 0 saturated heterocycles. The molecule has 0 spiro atoms. The molecule has 0 aliphatic carbocycles. The molecule has 4 heteroatoms. The molecule has 0 radical (unpaired) electrons. The van der Waals surface area contributed by atoms with E-state index in [1.165, 1.54) is 0 Å². The molecule has 0 bridgehead atoms. The van der Waals surface area contributed by atoms with Crippen molar-refractivity contribution in [2.45, 2.75) is 40.2 Å². The lowest BCUT2D eigenvalue weighted by Gasteiger charge is -2.09. The number of esters is 2. The fraction of sp³-hybridized carbons (Fsp3) is 0.467. The number of ether oxygens (including phenoxy) is 2. The Morgan fingerprint density at radius 2 is 2.05 bits per heavy atom. The fourth-order valence-corrected chi connectivity index (χ4v) is 2.01. The van der Waals surface area contributed by atoms with Gasteiger partial charge in [-0.1, -0.05) is 32.0 Å². The minimum absolute atomic E-state index is 0.0794. The Morgan fingerprint density at radius 3 is 2.68 bits per heavy atom. The van der Waals surface area contributed by atoms with Gasteiger partial charge >= 0.3 is 11.9 Å². The van der Waals surface area contributed by atoms with Crippen LogP contribution in [0, 0.1) is 6.92 Å². The van der Waals surface area contributed by atoms with Crippen LogP contribution in [0.15, 0.2) is 18.2 Å². The van der Waals surface area contributed by atoms with Gasteiger partial charge in [0.15, 0.2) is 0 Å². The Morgan fingerprint density at radius 1 is 1.37 bits per heavy atom. The van der Waals surface area contributed by atoms with Gasteiger partial charge in [0.1, 0.15) is 6.10 Å². The van der Waals surface area contributed by atoms with Gasteiger partial charge < -0.3 is 9.47 Å². The van der Waals surface area contributed by atoms with E-state index < -0.39 is 6.10 Å².